The number of nitrogens with one attached hydrogen (secondary N) is 2. The number of benzene rings is 1. The van der Waals surface area contributed by atoms with Crippen molar-refractivity contribution in [2.75, 3.05) is 7.05 Å². The van der Waals surface area contributed by atoms with Crippen molar-refractivity contribution in [3.05, 3.63) is 35.5 Å². The van der Waals surface area contributed by atoms with E-state index < -0.39 is 0 Å². The second kappa shape index (κ2) is 5.00. The molecule has 2 aromatic rings. The van der Waals surface area contributed by atoms with Gasteiger partial charge in [-0.1, -0.05) is 32.9 Å². The van der Waals surface area contributed by atoms with Crippen LogP contribution in [0, 0.1) is 0 Å². The molecule has 20 heavy (non-hydrogen) atoms. The van der Waals surface area contributed by atoms with Gasteiger partial charge in [0.05, 0.1) is 0 Å². The van der Waals surface area contributed by atoms with Gasteiger partial charge in [0.15, 0.2) is 5.96 Å². The predicted octanol–water partition coefficient (Wildman–Crippen LogP) is 2.14. The van der Waals surface area contributed by atoms with Crippen LogP contribution in [-0.2, 0) is 5.41 Å². The summed E-state index contributed by atoms with van der Waals surface area (Å²) < 4.78 is 0. The van der Waals surface area contributed by atoms with Gasteiger partial charge >= 0.3 is 0 Å². The topological polar surface area (TPSA) is 83.3 Å². The zero-order valence-electron chi connectivity index (χ0n) is 12.2. The Morgan fingerprint density at radius 1 is 1.35 bits per heavy atom. The molecule has 0 spiro atoms. The van der Waals surface area contributed by atoms with Crippen LogP contribution in [0.15, 0.2) is 29.3 Å². The fourth-order valence-corrected chi connectivity index (χ4v) is 2.15. The Morgan fingerprint density at radius 2 is 2.05 bits per heavy atom. The van der Waals surface area contributed by atoms with E-state index in [1.165, 1.54) is 5.56 Å². The molecule has 5 heteroatoms. The lowest BCUT2D eigenvalue weighted by atomic mass is 9.85. The Kier molecular flexibility index (Phi) is 3.53. The Labute approximate surface area is 118 Å². The smallest absolute Gasteiger partial charge is 0.296 e. The minimum atomic E-state index is -0.382. The van der Waals surface area contributed by atoms with E-state index in [-0.39, 0.29) is 17.3 Å². The molecule has 0 saturated heterocycles. The molecule has 0 saturated carbocycles. The van der Waals surface area contributed by atoms with E-state index >= 15 is 0 Å². The number of carbonyl (C=O) groups excluding carboxylic acids is 1. The Balaban J connectivity index is 2.52. The highest BCUT2D eigenvalue weighted by Crippen LogP contribution is 2.30. The second-order valence-corrected chi connectivity index (χ2v) is 5.75. The first-order valence-corrected chi connectivity index (χ1v) is 6.51. The molecule has 1 aromatic heterocycles. The maximum absolute atomic E-state index is 12.0. The minimum Gasteiger partial charge on any atom is -0.370 e. The molecular weight excluding hydrogens is 252 g/mol. The van der Waals surface area contributed by atoms with Gasteiger partial charge in [-0.15, -0.1) is 0 Å². The fourth-order valence-electron chi connectivity index (χ4n) is 2.15. The maximum Gasteiger partial charge on any atom is 0.296 e. The van der Waals surface area contributed by atoms with Crippen LogP contribution in [0.5, 0.6) is 0 Å². The zero-order valence-corrected chi connectivity index (χ0v) is 12.2. The van der Waals surface area contributed by atoms with Gasteiger partial charge in [0, 0.05) is 18.0 Å². The summed E-state index contributed by atoms with van der Waals surface area (Å²) in [5.74, 6) is -0.280. The van der Waals surface area contributed by atoms with Crippen molar-refractivity contribution in [1.29, 1.82) is 0 Å². The molecule has 0 aliphatic rings. The summed E-state index contributed by atoms with van der Waals surface area (Å²) in [7, 11) is 1.62. The number of nitrogens with two attached hydrogens (primary N) is 1. The first-order valence-electron chi connectivity index (χ1n) is 6.51. The predicted molar refractivity (Wildman–Crippen MR) is 82.0 cm³/mol. The quantitative estimate of drug-likeness (QED) is 0.549. The lowest BCUT2D eigenvalue weighted by Gasteiger charge is -2.19. The van der Waals surface area contributed by atoms with Crippen molar-refractivity contribution in [1.82, 2.24) is 10.3 Å². The highest BCUT2D eigenvalue weighted by atomic mass is 16.1. The molecule has 1 amide bonds. The second-order valence-electron chi connectivity index (χ2n) is 5.75. The summed E-state index contributed by atoms with van der Waals surface area (Å²) in [5, 5.41) is 3.67. The summed E-state index contributed by atoms with van der Waals surface area (Å²) in [5.41, 5.74) is 8.08. The van der Waals surface area contributed by atoms with Crippen LogP contribution in [0.1, 0.15) is 36.8 Å². The van der Waals surface area contributed by atoms with E-state index in [0.29, 0.717) is 5.69 Å². The van der Waals surface area contributed by atoms with Crippen molar-refractivity contribution in [3.63, 3.8) is 0 Å². The van der Waals surface area contributed by atoms with E-state index in [2.05, 4.69) is 42.1 Å². The number of carbonyl (C=O) groups is 1. The lowest BCUT2D eigenvalue weighted by Crippen LogP contribution is -2.28. The largest absolute Gasteiger partial charge is 0.370 e. The molecule has 0 radical (unpaired) electrons. The number of nitrogens with zero attached hydrogens (tertiary/aromatic N) is 1. The number of rotatable bonds is 1. The monoisotopic (exact) mass is 272 g/mol. The average Bonchev–Trinajstić information content (AvgIpc) is 2.80. The molecule has 106 valence electrons. The molecule has 0 fully saturated rings. The van der Waals surface area contributed by atoms with Crippen LogP contribution < -0.4 is 11.1 Å². The van der Waals surface area contributed by atoms with Gasteiger partial charge in [0.25, 0.3) is 5.91 Å². The molecule has 0 atom stereocenters. The van der Waals surface area contributed by atoms with Gasteiger partial charge in [0.2, 0.25) is 0 Å². The van der Waals surface area contributed by atoms with Crippen LogP contribution in [0.25, 0.3) is 10.9 Å². The van der Waals surface area contributed by atoms with Crippen LogP contribution in [0.2, 0.25) is 0 Å². The molecule has 5 nitrogen and oxygen atoms in total. The lowest BCUT2D eigenvalue weighted by molar-refractivity contribution is 0.0998. The maximum atomic E-state index is 12.0. The van der Waals surface area contributed by atoms with Crippen LogP contribution in [0.4, 0.5) is 0 Å². The van der Waals surface area contributed by atoms with Crippen molar-refractivity contribution in [2.45, 2.75) is 26.2 Å². The molecule has 1 heterocycles. The fraction of sp³-hybridized carbons (Fsp3) is 0.333. The number of hydrogen-bond acceptors (Lipinski definition) is 1. The number of aromatic amines is 1. The van der Waals surface area contributed by atoms with Gasteiger partial charge in [-0.2, -0.15) is 4.99 Å². The van der Waals surface area contributed by atoms with Gasteiger partial charge in [-0.25, -0.2) is 0 Å². The SMILES string of the molecule is CNC(N)=NC(=O)c1cc2c(C(C)(C)C)cccc2[nH]1. The highest BCUT2D eigenvalue weighted by molar-refractivity contribution is 6.04. The first-order chi connectivity index (χ1) is 9.32. The summed E-state index contributed by atoms with van der Waals surface area (Å²) in [4.78, 5) is 18.9. The van der Waals surface area contributed by atoms with E-state index in [4.69, 9.17) is 5.73 Å². The summed E-state index contributed by atoms with van der Waals surface area (Å²) >= 11 is 0. The third-order valence-corrected chi connectivity index (χ3v) is 3.18. The number of hydrogen-bond donors (Lipinski definition) is 3. The Hall–Kier alpha value is -2.30. The van der Waals surface area contributed by atoms with Crippen molar-refractivity contribution < 1.29 is 4.79 Å². The minimum absolute atomic E-state index is 0.00922. The van der Waals surface area contributed by atoms with E-state index in [9.17, 15) is 4.79 Å². The molecule has 0 aliphatic carbocycles. The Morgan fingerprint density at radius 3 is 2.65 bits per heavy atom. The summed E-state index contributed by atoms with van der Waals surface area (Å²) in [6, 6.07) is 7.85. The highest BCUT2D eigenvalue weighted by Gasteiger charge is 2.19. The number of aliphatic imine (C=N–C) groups is 1. The molecule has 0 aliphatic heterocycles. The van der Waals surface area contributed by atoms with Crippen LogP contribution in [-0.4, -0.2) is 23.9 Å². The first kappa shape index (κ1) is 14.1. The van der Waals surface area contributed by atoms with E-state index in [0.717, 1.165) is 10.9 Å². The van der Waals surface area contributed by atoms with Crippen molar-refractivity contribution in [3.8, 4) is 0 Å². The third-order valence-electron chi connectivity index (χ3n) is 3.18. The zero-order chi connectivity index (χ0) is 14.9. The normalized spacial score (nSPS) is 12.7. The number of amides is 1. The third kappa shape index (κ3) is 2.66. The van der Waals surface area contributed by atoms with Gasteiger partial charge in [0.1, 0.15) is 5.69 Å². The van der Waals surface area contributed by atoms with E-state index in [1.54, 1.807) is 7.05 Å². The number of H-pyrrole nitrogens is 1. The average molecular weight is 272 g/mol. The molecule has 0 bridgehead atoms. The molecule has 0 unspecified atom stereocenters. The number of aromatic nitrogens is 1. The Bertz CT molecular complexity index is 677. The van der Waals surface area contributed by atoms with Gasteiger partial charge in [-0.05, 0) is 23.1 Å². The molecule has 4 N–H and O–H groups in total. The van der Waals surface area contributed by atoms with E-state index in [1.807, 2.05) is 18.2 Å². The van der Waals surface area contributed by atoms with Crippen molar-refractivity contribution in [2.24, 2.45) is 10.7 Å². The molecule has 2 rings (SSSR count). The van der Waals surface area contributed by atoms with Crippen molar-refractivity contribution >= 4 is 22.8 Å². The summed E-state index contributed by atoms with van der Waals surface area (Å²) in [6.45, 7) is 6.44. The summed E-state index contributed by atoms with van der Waals surface area (Å²) in [6.07, 6.45) is 0. The van der Waals surface area contributed by atoms with Crippen LogP contribution in [0.3, 0.4) is 0 Å². The molecular formula is C15H20N4O. The van der Waals surface area contributed by atoms with Gasteiger partial charge < -0.3 is 16.0 Å². The van der Waals surface area contributed by atoms with Crippen LogP contribution >= 0.6 is 0 Å². The molecule has 1 aromatic carbocycles. The number of fused-ring (bicyclic) bond motifs is 1. The standard InChI is InChI=1S/C15H20N4O/c1-15(2,3)10-6-5-7-11-9(10)8-12(18-11)13(20)19-14(16)17-4/h5-8,18H,1-4H3,(H3,16,17,19,20). The van der Waals surface area contributed by atoms with Gasteiger partial charge in [-0.3, -0.25) is 4.79 Å². The number of guanidine groups is 1.